The maximum Gasteiger partial charge on any atom is 0.410 e. The van der Waals surface area contributed by atoms with E-state index < -0.39 is 35.1 Å². The van der Waals surface area contributed by atoms with Gasteiger partial charge in [-0.3, -0.25) is 4.79 Å². The molecule has 44 heavy (non-hydrogen) atoms. The van der Waals surface area contributed by atoms with E-state index in [1.54, 1.807) is 4.90 Å². The number of anilines is 3. The highest BCUT2D eigenvalue weighted by Crippen LogP contribution is 2.43. The van der Waals surface area contributed by atoms with Crippen molar-refractivity contribution in [2.75, 3.05) is 49.7 Å². The molecule has 244 valence electrons. The molecular weight excluding hydrogens is 746 g/mol. The van der Waals surface area contributed by atoms with Crippen LogP contribution in [0.4, 0.5) is 26.4 Å². The molecule has 2 aliphatic rings. The van der Waals surface area contributed by atoms with E-state index >= 15 is 4.39 Å². The molecule has 0 radical (unpaired) electrons. The van der Waals surface area contributed by atoms with Crippen LogP contribution in [0.1, 0.15) is 67.7 Å². The summed E-state index contributed by atoms with van der Waals surface area (Å²) in [7, 11) is 4.08. The van der Waals surface area contributed by atoms with Gasteiger partial charge in [-0.1, -0.05) is 0 Å². The van der Waals surface area contributed by atoms with Gasteiger partial charge in [0.1, 0.15) is 16.7 Å². The molecule has 1 aromatic heterocycles. The van der Waals surface area contributed by atoms with Crippen molar-refractivity contribution in [2.24, 2.45) is 0 Å². The lowest BCUT2D eigenvalue weighted by atomic mass is 9.90. The average Bonchev–Trinajstić information content (AvgIpc) is 2.85. The fourth-order valence-electron chi connectivity index (χ4n) is 5.63. The van der Waals surface area contributed by atoms with Gasteiger partial charge in [0.05, 0.1) is 27.8 Å². The number of ether oxygens (including phenoxy) is 2. The number of nitrogens with zero attached hydrogens (tertiary/aromatic N) is 4. The Morgan fingerprint density at radius 2 is 1.82 bits per heavy atom. The van der Waals surface area contributed by atoms with Crippen molar-refractivity contribution in [2.45, 2.75) is 96.6 Å². The number of hydrogen-bond acceptors (Lipinski definition) is 9. The Morgan fingerprint density at radius 3 is 2.39 bits per heavy atom. The summed E-state index contributed by atoms with van der Waals surface area (Å²) in [6.07, 6.45) is 0.559. The van der Waals surface area contributed by atoms with Crippen LogP contribution in [0.15, 0.2) is 10.5 Å². The molecule has 1 aromatic carbocycles. The van der Waals surface area contributed by atoms with Crippen LogP contribution in [0.2, 0.25) is 0 Å². The maximum absolute atomic E-state index is 15.7. The van der Waals surface area contributed by atoms with E-state index in [-0.39, 0.29) is 23.5 Å². The van der Waals surface area contributed by atoms with Crippen molar-refractivity contribution in [1.29, 1.82) is 0 Å². The molecule has 0 spiro atoms. The number of amides is 1. The number of nitrogens with two attached hydrogens (primary N) is 1. The Morgan fingerprint density at radius 1 is 1.20 bits per heavy atom. The Bertz CT molecular complexity index is 1440. The van der Waals surface area contributed by atoms with Gasteiger partial charge in [0.2, 0.25) is 0 Å². The molecular formula is C31H45BrFIN6O4. The van der Waals surface area contributed by atoms with Crippen LogP contribution in [0.3, 0.4) is 0 Å². The van der Waals surface area contributed by atoms with Crippen molar-refractivity contribution in [3.05, 3.63) is 19.9 Å². The van der Waals surface area contributed by atoms with Crippen LogP contribution in [-0.4, -0.2) is 89.4 Å². The average molecular weight is 792 g/mol. The molecule has 0 aliphatic carbocycles. The zero-order valence-corrected chi connectivity index (χ0v) is 30.9. The van der Waals surface area contributed by atoms with E-state index in [1.165, 1.54) is 0 Å². The number of aromatic nitrogens is 1. The summed E-state index contributed by atoms with van der Waals surface area (Å²) in [5.74, 6) is -0.312. The van der Waals surface area contributed by atoms with Crippen molar-refractivity contribution in [1.82, 2.24) is 14.8 Å². The maximum atomic E-state index is 15.7. The predicted molar refractivity (Wildman–Crippen MR) is 185 cm³/mol. The van der Waals surface area contributed by atoms with Gasteiger partial charge in [-0.2, -0.15) is 0 Å². The Kier molecular flexibility index (Phi) is 9.93. The van der Waals surface area contributed by atoms with E-state index in [0.29, 0.717) is 63.1 Å². The number of carbonyl (C=O) groups excluding carboxylic acids is 2. The molecule has 0 saturated carbocycles. The topological polar surface area (TPSA) is 113 Å². The molecule has 0 bridgehead atoms. The highest BCUT2D eigenvalue weighted by Gasteiger charge is 2.43. The van der Waals surface area contributed by atoms with Crippen LogP contribution in [0, 0.1) is 9.39 Å². The van der Waals surface area contributed by atoms with Crippen molar-refractivity contribution in [3.8, 4) is 0 Å². The SMILES string of the molecule is CN(C)C1(C)CN(c2nc3c(F)c(Br)c(I)cc3c(N[C@H]3CCN(C(=O)OC(C)(C)C)[C@H](CC(=O)OC(C)(C)C)C3)c2N)C1. The first-order valence-electron chi connectivity index (χ1n) is 14.9. The third-order valence-corrected chi connectivity index (χ3v) is 10.5. The summed E-state index contributed by atoms with van der Waals surface area (Å²) in [6, 6.07) is 1.23. The number of piperidine rings is 1. The summed E-state index contributed by atoms with van der Waals surface area (Å²) >= 11 is 5.46. The minimum absolute atomic E-state index is 0.0168. The number of hydrogen-bond donors (Lipinski definition) is 2. The van der Waals surface area contributed by atoms with E-state index in [2.05, 4.69) is 60.6 Å². The van der Waals surface area contributed by atoms with Gasteiger partial charge in [0, 0.05) is 40.7 Å². The van der Waals surface area contributed by atoms with Gasteiger partial charge in [-0.15, -0.1) is 0 Å². The van der Waals surface area contributed by atoms with Crippen molar-refractivity contribution in [3.63, 3.8) is 0 Å². The quantitative estimate of drug-likeness (QED) is 0.196. The number of halogens is 3. The molecule has 2 fully saturated rings. The molecule has 0 unspecified atom stereocenters. The highest BCUT2D eigenvalue weighted by atomic mass is 127. The highest BCUT2D eigenvalue weighted by molar-refractivity contribution is 14.1. The molecule has 4 rings (SSSR count). The van der Waals surface area contributed by atoms with Gasteiger partial charge in [0.25, 0.3) is 0 Å². The molecule has 3 N–H and O–H groups in total. The molecule has 13 heteroatoms. The fraction of sp³-hybridized carbons (Fsp3) is 0.645. The number of pyridine rings is 1. The standard InChI is InChI=1S/C31H45BrFIN6O4/c1-29(2,3)43-21(41)13-18-12-17(10-11-40(18)28(42)44-30(4,5)6)36-26-19-14-20(34)22(32)23(33)25(19)37-27(24(26)35)39-15-31(7,16-39)38(8)9/h14,17-18H,10-13,15-16,35H2,1-9H3,(H,36,37)/t17-,18-/m0/s1. The Balaban J connectivity index is 1.69. The monoisotopic (exact) mass is 790 g/mol. The van der Waals surface area contributed by atoms with Crippen LogP contribution in [0.5, 0.6) is 0 Å². The number of nitrogens with one attached hydrogen (secondary N) is 1. The van der Waals surface area contributed by atoms with E-state index in [4.69, 9.17) is 20.2 Å². The van der Waals surface area contributed by atoms with E-state index in [9.17, 15) is 9.59 Å². The first kappa shape index (κ1) is 34.7. The zero-order chi connectivity index (χ0) is 32.9. The largest absolute Gasteiger partial charge is 0.460 e. The molecule has 1 amide bonds. The molecule has 2 saturated heterocycles. The number of likely N-dealkylation sites (tertiary alicyclic amines) is 1. The van der Waals surface area contributed by atoms with Gasteiger partial charge >= 0.3 is 12.1 Å². The zero-order valence-electron chi connectivity index (χ0n) is 27.1. The lowest BCUT2D eigenvalue weighted by Gasteiger charge is -2.52. The van der Waals surface area contributed by atoms with Crippen molar-refractivity contribution < 1.29 is 23.5 Å². The summed E-state index contributed by atoms with van der Waals surface area (Å²) in [5, 5.41) is 4.17. The number of nitrogen functional groups attached to an aromatic ring is 1. The van der Waals surface area contributed by atoms with Gasteiger partial charge in [0.15, 0.2) is 11.6 Å². The molecule has 10 nitrogen and oxygen atoms in total. The van der Waals surface area contributed by atoms with Gasteiger partial charge in [-0.25, -0.2) is 14.2 Å². The molecule has 2 aromatic rings. The number of fused-ring (bicyclic) bond motifs is 1. The number of esters is 1. The minimum atomic E-state index is -0.682. The first-order chi connectivity index (χ1) is 20.2. The van der Waals surface area contributed by atoms with Crippen LogP contribution >= 0.6 is 38.5 Å². The third-order valence-electron chi connectivity index (χ3n) is 8.09. The second kappa shape index (κ2) is 12.6. The third kappa shape index (κ3) is 7.63. The first-order valence-corrected chi connectivity index (χ1v) is 16.7. The predicted octanol–water partition coefficient (Wildman–Crippen LogP) is 6.38. The number of likely N-dealkylation sites (N-methyl/N-ethyl adjacent to an activating group) is 1. The second-order valence-corrected chi connectivity index (χ2v) is 16.3. The summed E-state index contributed by atoms with van der Waals surface area (Å²) in [5.41, 5.74) is 6.70. The van der Waals surface area contributed by atoms with Crippen molar-refractivity contribution >= 4 is 78.7 Å². The number of carbonyl (C=O) groups is 2. The lowest BCUT2D eigenvalue weighted by Crippen LogP contribution is -2.67. The minimum Gasteiger partial charge on any atom is -0.460 e. The van der Waals surface area contributed by atoms with Crippen LogP contribution in [-0.2, 0) is 14.3 Å². The van der Waals surface area contributed by atoms with E-state index in [0.717, 1.165) is 0 Å². The molecule has 2 atom stereocenters. The van der Waals surface area contributed by atoms with Crippen LogP contribution < -0.4 is 16.0 Å². The normalized spacial score (nSPS) is 20.5. The van der Waals surface area contributed by atoms with E-state index in [1.807, 2.05) is 61.7 Å². The molecule has 3 heterocycles. The number of rotatable bonds is 6. The Hall–Kier alpha value is -2.13. The van der Waals surface area contributed by atoms with Crippen LogP contribution in [0.25, 0.3) is 10.9 Å². The number of benzene rings is 1. The second-order valence-electron chi connectivity index (χ2n) is 14.3. The smallest absolute Gasteiger partial charge is 0.410 e. The summed E-state index contributed by atoms with van der Waals surface area (Å²) in [6.45, 7) is 14.8. The summed E-state index contributed by atoms with van der Waals surface area (Å²) in [4.78, 5) is 36.7. The van der Waals surface area contributed by atoms with Gasteiger partial charge in [-0.05, 0) is 120 Å². The lowest BCUT2D eigenvalue weighted by molar-refractivity contribution is -0.156. The Labute approximate surface area is 281 Å². The molecule has 2 aliphatic heterocycles. The summed E-state index contributed by atoms with van der Waals surface area (Å²) < 4.78 is 28.0. The van der Waals surface area contributed by atoms with Gasteiger partial charge < -0.3 is 35.2 Å². The fourth-order valence-corrected chi connectivity index (χ4v) is 6.48.